The number of carbonyl (C=O) groups is 1. The van der Waals surface area contributed by atoms with Crippen LogP contribution in [0.15, 0.2) is 53.3 Å². The van der Waals surface area contributed by atoms with Crippen molar-refractivity contribution in [2.45, 2.75) is 20.6 Å². The summed E-state index contributed by atoms with van der Waals surface area (Å²) in [5.41, 5.74) is 2.76. The van der Waals surface area contributed by atoms with Gasteiger partial charge in [0.05, 0.1) is 33.0 Å². The molecule has 29 heavy (non-hydrogen) atoms. The molecule has 0 bridgehead atoms. The third-order valence-electron chi connectivity index (χ3n) is 4.50. The fourth-order valence-electron chi connectivity index (χ4n) is 2.92. The number of rotatable bonds is 4. The van der Waals surface area contributed by atoms with Crippen molar-refractivity contribution < 1.29 is 9.53 Å². The number of benzene rings is 2. The Kier molecular flexibility index (Phi) is 4.85. The highest BCUT2D eigenvalue weighted by Crippen LogP contribution is 2.22. The van der Waals surface area contributed by atoms with Crippen LogP contribution in [0.25, 0.3) is 16.6 Å². The van der Waals surface area contributed by atoms with E-state index in [4.69, 9.17) is 16.3 Å². The van der Waals surface area contributed by atoms with Gasteiger partial charge in [-0.1, -0.05) is 28.9 Å². The Bertz CT molecular complexity index is 1280. The van der Waals surface area contributed by atoms with E-state index in [1.807, 2.05) is 13.8 Å². The zero-order valence-electron chi connectivity index (χ0n) is 15.7. The largest absolute Gasteiger partial charge is 0.439 e. The SMILES string of the molecule is Cc1nn(-c2ccc(C(=O)OCn3nnc4ccccc4c3=O)cc2)c(C)c1Cl. The van der Waals surface area contributed by atoms with Gasteiger partial charge in [0.1, 0.15) is 5.52 Å². The van der Waals surface area contributed by atoms with Gasteiger partial charge in [-0.3, -0.25) is 4.79 Å². The first-order valence-electron chi connectivity index (χ1n) is 8.77. The summed E-state index contributed by atoms with van der Waals surface area (Å²) < 4.78 is 7.93. The zero-order chi connectivity index (χ0) is 20.5. The highest BCUT2D eigenvalue weighted by Gasteiger charge is 2.13. The smallest absolute Gasteiger partial charge is 0.339 e. The quantitative estimate of drug-likeness (QED) is 0.481. The summed E-state index contributed by atoms with van der Waals surface area (Å²) in [4.78, 5) is 24.7. The standard InChI is InChI=1S/C20H16ClN5O3/c1-12-18(21)13(2)26(23-12)15-9-7-14(8-10-15)20(28)29-11-25-19(27)16-5-3-4-6-17(16)22-24-25/h3-10H,11H2,1-2H3. The molecule has 0 aliphatic heterocycles. The second-order valence-corrected chi connectivity index (χ2v) is 6.79. The molecule has 0 amide bonds. The molecule has 4 aromatic rings. The Labute approximate surface area is 170 Å². The van der Waals surface area contributed by atoms with Crippen molar-refractivity contribution in [2.75, 3.05) is 0 Å². The van der Waals surface area contributed by atoms with E-state index in [2.05, 4.69) is 15.4 Å². The Hall–Kier alpha value is -3.52. The number of nitrogens with zero attached hydrogens (tertiary/aromatic N) is 5. The van der Waals surface area contributed by atoms with Gasteiger partial charge in [-0.15, -0.1) is 5.10 Å². The van der Waals surface area contributed by atoms with Gasteiger partial charge in [0, 0.05) is 0 Å². The predicted octanol–water partition coefficient (Wildman–Crippen LogP) is 3.06. The normalized spacial score (nSPS) is 11.0. The van der Waals surface area contributed by atoms with Crippen LogP contribution < -0.4 is 5.56 Å². The number of hydrogen-bond acceptors (Lipinski definition) is 6. The Morgan fingerprint density at radius 2 is 1.83 bits per heavy atom. The summed E-state index contributed by atoms with van der Waals surface area (Å²) in [5.74, 6) is -0.579. The van der Waals surface area contributed by atoms with Crippen molar-refractivity contribution in [1.29, 1.82) is 0 Å². The molecular formula is C20H16ClN5O3. The lowest BCUT2D eigenvalue weighted by Gasteiger charge is -2.08. The first kappa shape index (κ1) is 18.8. The number of carbonyl (C=O) groups excluding carboxylic acids is 1. The number of hydrogen-bond donors (Lipinski definition) is 0. The lowest BCUT2D eigenvalue weighted by atomic mass is 10.2. The van der Waals surface area contributed by atoms with E-state index in [1.165, 1.54) is 0 Å². The van der Waals surface area contributed by atoms with Crippen molar-refractivity contribution in [3.05, 3.63) is 80.9 Å². The number of esters is 1. The number of aromatic nitrogens is 5. The summed E-state index contributed by atoms with van der Waals surface area (Å²) >= 11 is 6.18. The van der Waals surface area contributed by atoms with Crippen molar-refractivity contribution in [1.82, 2.24) is 24.8 Å². The van der Waals surface area contributed by atoms with Crippen LogP contribution in [-0.4, -0.2) is 30.7 Å². The molecule has 146 valence electrons. The maximum absolute atomic E-state index is 12.4. The van der Waals surface area contributed by atoms with E-state index in [9.17, 15) is 9.59 Å². The van der Waals surface area contributed by atoms with E-state index in [1.54, 1.807) is 53.2 Å². The molecule has 0 saturated heterocycles. The van der Waals surface area contributed by atoms with Crippen LogP contribution >= 0.6 is 11.6 Å². The second kappa shape index (κ2) is 7.48. The third kappa shape index (κ3) is 3.50. The van der Waals surface area contributed by atoms with Crippen LogP contribution in [0, 0.1) is 13.8 Å². The number of ether oxygens (including phenoxy) is 1. The van der Waals surface area contributed by atoms with E-state index in [-0.39, 0.29) is 12.3 Å². The molecular weight excluding hydrogens is 394 g/mol. The molecule has 0 aliphatic rings. The lowest BCUT2D eigenvalue weighted by Crippen LogP contribution is -2.26. The molecule has 0 unspecified atom stereocenters. The minimum atomic E-state index is -0.579. The molecule has 4 rings (SSSR count). The fraction of sp³-hybridized carbons (Fsp3) is 0.150. The van der Waals surface area contributed by atoms with Gasteiger partial charge < -0.3 is 4.74 Å². The number of aryl methyl sites for hydroxylation is 1. The van der Waals surface area contributed by atoms with E-state index in [0.29, 0.717) is 21.5 Å². The molecule has 0 saturated carbocycles. The van der Waals surface area contributed by atoms with Crippen molar-refractivity contribution >= 4 is 28.5 Å². The Morgan fingerprint density at radius 3 is 2.52 bits per heavy atom. The van der Waals surface area contributed by atoms with E-state index in [0.717, 1.165) is 21.8 Å². The van der Waals surface area contributed by atoms with Gasteiger partial charge in [-0.2, -0.15) is 9.78 Å². The zero-order valence-corrected chi connectivity index (χ0v) is 16.4. The van der Waals surface area contributed by atoms with Gasteiger partial charge >= 0.3 is 5.97 Å². The summed E-state index contributed by atoms with van der Waals surface area (Å²) in [6.45, 7) is 3.37. The number of fused-ring (bicyclic) bond motifs is 1. The van der Waals surface area contributed by atoms with Crippen LogP contribution in [0.2, 0.25) is 5.02 Å². The monoisotopic (exact) mass is 409 g/mol. The molecule has 2 aromatic heterocycles. The average Bonchev–Trinajstić information content (AvgIpc) is 3.00. The Morgan fingerprint density at radius 1 is 1.10 bits per heavy atom. The first-order valence-corrected chi connectivity index (χ1v) is 9.15. The predicted molar refractivity (Wildman–Crippen MR) is 107 cm³/mol. The molecule has 9 heteroatoms. The Balaban J connectivity index is 1.50. The fourth-order valence-corrected chi connectivity index (χ4v) is 3.04. The lowest BCUT2D eigenvalue weighted by molar-refractivity contribution is 0.0336. The van der Waals surface area contributed by atoms with Gasteiger partial charge in [0.2, 0.25) is 0 Å². The second-order valence-electron chi connectivity index (χ2n) is 6.42. The molecule has 2 aromatic carbocycles. The van der Waals surface area contributed by atoms with Crippen LogP contribution in [0.1, 0.15) is 21.7 Å². The molecule has 0 N–H and O–H groups in total. The molecule has 8 nitrogen and oxygen atoms in total. The molecule has 0 spiro atoms. The van der Waals surface area contributed by atoms with Gasteiger partial charge in [0.25, 0.3) is 5.56 Å². The van der Waals surface area contributed by atoms with Gasteiger partial charge in [-0.05, 0) is 50.2 Å². The van der Waals surface area contributed by atoms with Gasteiger partial charge in [0.15, 0.2) is 6.73 Å². The molecule has 0 aliphatic carbocycles. The van der Waals surface area contributed by atoms with Crippen LogP contribution in [-0.2, 0) is 11.5 Å². The first-order chi connectivity index (χ1) is 14.0. The third-order valence-corrected chi connectivity index (χ3v) is 5.04. The summed E-state index contributed by atoms with van der Waals surface area (Å²) in [7, 11) is 0. The minimum Gasteiger partial charge on any atom is -0.439 e. The van der Waals surface area contributed by atoms with Crippen LogP contribution in [0.5, 0.6) is 0 Å². The molecule has 0 fully saturated rings. The maximum Gasteiger partial charge on any atom is 0.339 e. The molecule has 0 radical (unpaired) electrons. The van der Waals surface area contributed by atoms with Gasteiger partial charge in [-0.25, -0.2) is 9.48 Å². The van der Waals surface area contributed by atoms with Crippen molar-refractivity contribution in [2.24, 2.45) is 0 Å². The maximum atomic E-state index is 12.4. The summed E-state index contributed by atoms with van der Waals surface area (Å²) in [6, 6.07) is 13.6. The summed E-state index contributed by atoms with van der Waals surface area (Å²) in [5, 5.41) is 13.2. The summed E-state index contributed by atoms with van der Waals surface area (Å²) in [6.07, 6.45) is 0. The highest BCUT2D eigenvalue weighted by atomic mass is 35.5. The molecule has 2 heterocycles. The van der Waals surface area contributed by atoms with E-state index < -0.39 is 5.97 Å². The van der Waals surface area contributed by atoms with E-state index >= 15 is 0 Å². The highest BCUT2D eigenvalue weighted by molar-refractivity contribution is 6.31. The average molecular weight is 410 g/mol. The topological polar surface area (TPSA) is 91.9 Å². The van der Waals surface area contributed by atoms with Crippen molar-refractivity contribution in [3.8, 4) is 5.69 Å². The van der Waals surface area contributed by atoms with Crippen LogP contribution in [0.3, 0.4) is 0 Å². The van der Waals surface area contributed by atoms with Crippen LogP contribution in [0.4, 0.5) is 0 Å². The minimum absolute atomic E-state index is 0.329. The number of halogens is 1. The van der Waals surface area contributed by atoms with Crippen molar-refractivity contribution in [3.63, 3.8) is 0 Å². The molecule has 0 atom stereocenters.